The number of H-pyrrole nitrogens is 1. The number of ether oxygens (including phenoxy) is 1. The average molecular weight is 317 g/mol. The minimum absolute atomic E-state index is 0.0128. The van der Waals surface area contributed by atoms with Crippen LogP contribution in [0.3, 0.4) is 0 Å². The van der Waals surface area contributed by atoms with Gasteiger partial charge >= 0.3 is 0 Å². The van der Waals surface area contributed by atoms with Crippen LogP contribution >= 0.6 is 11.8 Å². The van der Waals surface area contributed by atoms with Crippen molar-refractivity contribution in [1.29, 1.82) is 0 Å². The molecule has 1 N–H and O–H groups in total. The van der Waals surface area contributed by atoms with Gasteiger partial charge in [0.25, 0.3) is 5.56 Å². The summed E-state index contributed by atoms with van der Waals surface area (Å²) < 4.78 is 5.36. The third-order valence-electron chi connectivity index (χ3n) is 3.96. The van der Waals surface area contributed by atoms with Gasteiger partial charge in [0, 0.05) is 23.1 Å². The van der Waals surface area contributed by atoms with Gasteiger partial charge in [0.05, 0.1) is 12.8 Å². The first-order valence-corrected chi connectivity index (χ1v) is 8.47. The van der Waals surface area contributed by atoms with E-state index in [1.54, 1.807) is 13.3 Å². The van der Waals surface area contributed by atoms with Crippen LogP contribution in [0, 0.1) is 0 Å². The first-order valence-electron chi connectivity index (χ1n) is 7.48. The fraction of sp³-hybridized carbons (Fsp3) is 0.438. The van der Waals surface area contributed by atoms with Crippen molar-refractivity contribution in [3.63, 3.8) is 0 Å². The maximum absolute atomic E-state index is 12.0. The van der Waals surface area contributed by atoms with Crippen LogP contribution in [0.4, 0.5) is 0 Å². The Morgan fingerprint density at radius 2 is 2.27 bits per heavy atom. The summed E-state index contributed by atoms with van der Waals surface area (Å²) in [6.07, 6.45) is 5.46. The van der Waals surface area contributed by atoms with Gasteiger partial charge in [0.1, 0.15) is 0 Å². The molecule has 2 aromatic rings. The van der Waals surface area contributed by atoms with Gasteiger partial charge < -0.3 is 9.72 Å². The van der Waals surface area contributed by atoms with Crippen molar-refractivity contribution in [2.24, 2.45) is 0 Å². The smallest absolute Gasteiger partial charge is 0.254 e. The molecule has 6 heteroatoms. The minimum atomic E-state index is 0.0128. The monoisotopic (exact) mass is 317 g/mol. The van der Waals surface area contributed by atoms with Gasteiger partial charge in [0.15, 0.2) is 5.16 Å². The molecular weight excluding hydrogens is 298 g/mol. The highest BCUT2D eigenvalue weighted by atomic mass is 32.2. The van der Waals surface area contributed by atoms with E-state index in [1.165, 1.54) is 17.3 Å². The lowest BCUT2D eigenvalue weighted by Gasteiger charge is -2.11. The molecule has 2 aromatic heterocycles. The Morgan fingerprint density at radius 3 is 3.05 bits per heavy atom. The lowest BCUT2D eigenvalue weighted by molar-refractivity contribution is 0.393. The van der Waals surface area contributed by atoms with Crippen molar-refractivity contribution in [2.45, 2.75) is 43.5 Å². The number of fused-ring (bicyclic) bond motifs is 1. The molecule has 0 amide bonds. The van der Waals surface area contributed by atoms with Crippen LogP contribution < -0.4 is 10.3 Å². The quantitative estimate of drug-likeness (QED) is 0.678. The van der Waals surface area contributed by atoms with E-state index in [1.807, 2.05) is 6.07 Å². The molecule has 0 aromatic carbocycles. The molecule has 22 heavy (non-hydrogen) atoms. The number of thioether (sulfide) groups is 1. The summed E-state index contributed by atoms with van der Waals surface area (Å²) in [6, 6.07) is 2.01. The van der Waals surface area contributed by atoms with E-state index in [0.29, 0.717) is 16.8 Å². The summed E-state index contributed by atoms with van der Waals surface area (Å²) in [4.78, 5) is 23.8. The van der Waals surface area contributed by atoms with Crippen molar-refractivity contribution in [2.75, 3.05) is 7.11 Å². The molecule has 3 rings (SSSR count). The van der Waals surface area contributed by atoms with Crippen molar-refractivity contribution in [3.05, 3.63) is 45.0 Å². The zero-order valence-electron chi connectivity index (χ0n) is 12.8. The van der Waals surface area contributed by atoms with Crippen molar-refractivity contribution in [3.8, 4) is 5.88 Å². The predicted octanol–water partition coefficient (Wildman–Crippen LogP) is 2.52. The van der Waals surface area contributed by atoms with Crippen molar-refractivity contribution < 1.29 is 4.74 Å². The number of nitrogens with one attached hydrogen (secondary N) is 1. The van der Waals surface area contributed by atoms with Crippen LogP contribution in [0.1, 0.15) is 35.7 Å². The van der Waals surface area contributed by atoms with Gasteiger partial charge in [-0.25, -0.2) is 9.97 Å². The summed E-state index contributed by atoms with van der Waals surface area (Å²) in [5.41, 5.74) is 4.11. The summed E-state index contributed by atoms with van der Waals surface area (Å²) in [6.45, 7) is 2.11. The first kappa shape index (κ1) is 15.1. The zero-order valence-corrected chi connectivity index (χ0v) is 13.6. The van der Waals surface area contributed by atoms with Gasteiger partial charge in [-0.3, -0.25) is 4.79 Å². The Bertz CT molecular complexity index is 720. The third-order valence-corrected chi connectivity index (χ3v) is 4.86. The Morgan fingerprint density at radius 1 is 1.41 bits per heavy atom. The molecule has 0 saturated heterocycles. The Labute approximate surface area is 133 Å². The van der Waals surface area contributed by atoms with Crippen LogP contribution in [0.5, 0.6) is 5.88 Å². The highest BCUT2D eigenvalue weighted by Crippen LogP contribution is 2.28. The van der Waals surface area contributed by atoms with E-state index in [-0.39, 0.29) is 5.56 Å². The molecule has 0 unspecified atom stereocenters. The van der Waals surface area contributed by atoms with Gasteiger partial charge in [0.2, 0.25) is 5.88 Å². The molecule has 1 aliphatic rings. The standard InChI is InChI=1S/C16H19N3O2S/c1-3-10-7-8-17-15(21-2)12(10)9-22-16-18-13-6-4-5-11(13)14(20)19-16/h7-8H,3-6,9H2,1-2H3,(H,18,19,20). The second-order valence-corrected chi connectivity index (χ2v) is 6.21. The number of aromatic nitrogens is 3. The van der Waals surface area contributed by atoms with Gasteiger partial charge in [-0.2, -0.15) is 0 Å². The highest BCUT2D eigenvalue weighted by molar-refractivity contribution is 7.98. The Hall–Kier alpha value is -1.82. The molecule has 1 aliphatic carbocycles. The van der Waals surface area contributed by atoms with Crippen LogP contribution in [-0.4, -0.2) is 22.1 Å². The highest BCUT2D eigenvalue weighted by Gasteiger charge is 2.18. The molecule has 5 nitrogen and oxygen atoms in total. The summed E-state index contributed by atoms with van der Waals surface area (Å²) in [5.74, 6) is 1.33. The van der Waals surface area contributed by atoms with E-state index >= 15 is 0 Å². The normalized spacial score (nSPS) is 13.2. The molecule has 0 saturated carbocycles. The number of methoxy groups -OCH3 is 1. The lowest BCUT2D eigenvalue weighted by Crippen LogP contribution is -2.15. The van der Waals surface area contributed by atoms with Crippen LogP contribution in [0.2, 0.25) is 0 Å². The third kappa shape index (κ3) is 2.88. The maximum atomic E-state index is 12.0. The molecular formula is C16H19N3O2S. The van der Waals surface area contributed by atoms with Gasteiger partial charge in [-0.15, -0.1) is 0 Å². The zero-order chi connectivity index (χ0) is 15.5. The Balaban J connectivity index is 1.84. The van der Waals surface area contributed by atoms with Gasteiger partial charge in [-0.05, 0) is 37.3 Å². The van der Waals surface area contributed by atoms with E-state index in [2.05, 4.69) is 21.9 Å². The first-order chi connectivity index (χ1) is 10.7. The summed E-state index contributed by atoms with van der Waals surface area (Å²) in [7, 11) is 1.63. The fourth-order valence-corrected chi connectivity index (χ4v) is 3.73. The molecule has 0 bridgehead atoms. The lowest BCUT2D eigenvalue weighted by atomic mass is 10.1. The molecule has 116 valence electrons. The molecule has 0 fully saturated rings. The topological polar surface area (TPSA) is 67.9 Å². The van der Waals surface area contributed by atoms with E-state index in [9.17, 15) is 4.79 Å². The predicted molar refractivity (Wildman–Crippen MR) is 86.6 cm³/mol. The summed E-state index contributed by atoms with van der Waals surface area (Å²) in [5, 5.41) is 0.679. The van der Waals surface area contributed by atoms with Gasteiger partial charge in [-0.1, -0.05) is 18.7 Å². The molecule has 0 atom stereocenters. The second kappa shape index (κ2) is 6.52. The number of nitrogens with zero attached hydrogens (tertiary/aromatic N) is 2. The van der Waals surface area contributed by atoms with Crippen molar-refractivity contribution in [1.82, 2.24) is 15.0 Å². The SMILES string of the molecule is CCc1ccnc(OC)c1CSc1nc2c(c(=O)[nH]1)CCC2. The molecule has 2 heterocycles. The number of hydrogen-bond donors (Lipinski definition) is 1. The van der Waals surface area contributed by atoms with Crippen LogP contribution in [-0.2, 0) is 25.0 Å². The number of rotatable bonds is 5. The molecule has 0 spiro atoms. The number of aromatic amines is 1. The van der Waals surface area contributed by atoms with Crippen LogP contribution in [0.25, 0.3) is 0 Å². The molecule has 0 aliphatic heterocycles. The fourth-order valence-electron chi connectivity index (χ4n) is 2.80. The largest absolute Gasteiger partial charge is 0.481 e. The number of aryl methyl sites for hydroxylation is 2. The van der Waals surface area contributed by atoms with E-state index < -0.39 is 0 Å². The van der Waals surface area contributed by atoms with Crippen LogP contribution in [0.15, 0.2) is 22.2 Å². The number of pyridine rings is 1. The summed E-state index contributed by atoms with van der Waals surface area (Å²) >= 11 is 1.53. The van der Waals surface area contributed by atoms with Crippen molar-refractivity contribution >= 4 is 11.8 Å². The average Bonchev–Trinajstić information content (AvgIpc) is 3.01. The van der Waals surface area contributed by atoms with E-state index in [0.717, 1.165) is 42.5 Å². The van der Waals surface area contributed by atoms with E-state index in [4.69, 9.17) is 4.74 Å². The molecule has 0 radical (unpaired) electrons. The minimum Gasteiger partial charge on any atom is -0.481 e. The Kier molecular flexibility index (Phi) is 4.47. The second-order valence-electron chi connectivity index (χ2n) is 5.25. The maximum Gasteiger partial charge on any atom is 0.254 e. The number of hydrogen-bond acceptors (Lipinski definition) is 5.